The second kappa shape index (κ2) is 2.26. The highest BCUT2D eigenvalue weighted by atomic mass is 16.5. The van der Waals surface area contributed by atoms with Crippen molar-refractivity contribution in [1.82, 2.24) is 0 Å². The van der Waals surface area contributed by atoms with Gasteiger partial charge in [0.1, 0.15) is 0 Å². The van der Waals surface area contributed by atoms with Crippen LogP contribution >= 0.6 is 0 Å². The average Bonchev–Trinajstić information content (AvgIpc) is 2.76. The normalized spacial score (nSPS) is 26.7. The fourth-order valence-electron chi connectivity index (χ4n) is 1.12. The Kier molecular flexibility index (Phi) is 1.40. The smallest absolute Gasteiger partial charge is 0.337 e. The molecule has 0 aromatic heterocycles. The molecule has 2 nitrogen and oxygen atoms in total. The Balaban J connectivity index is 1.94. The van der Waals surface area contributed by atoms with Crippen LogP contribution in [0.5, 0.6) is 0 Å². The quantitative estimate of drug-likeness (QED) is 0.412. The molecule has 0 aromatic carbocycles. The van der Waals surface area contributed by atoms with Crippen molar-refractivity contribution in [3.8, 4) is 0 Å². The standard InChI is InChI=1S/C8H13NO/c1-10-8(6-2-3-6)9-7-4-5-7/h6-7H,2-5H2,1H3/p+1. The highest BCUT2D eigenvalue weighted by molar-refractivity contribution is 5.75. The minimum atomic E-state index is 0.741. The van der Waals surface area contributed by atoms with Gasteiger partial charge in [0.05, 0.1) is 13.0 Å². The maximum Gasteiger partial charge on any atom is 0.337 e. The van der Waals surface area contributed by atoms with Crippen LogP contribution in [0.4, 0.5) is 0 Å². The first-order valence-electron chi connectivity index (χ1n) is 4.07. The lowest BCUT2D eigenvalue weighted by molar-refractivity contribution is -0.485. The van der Waals surface area contributed by atoms with Gasteiger partial charge in [0, 0.05) is 12.8 Å². The van der Waals surface area contributed by atoms with Gasteiger partial charge < -0.3 is 4.74 Å². The van der Waals surface area contributed by atoms with E-state index in [0.29, 0.717) is 0 Å². The van der Waals surface area contributed by atoms with Gasteiger partial charge >= 0.3 is 5.90 Å². The molecular weight excluding hydrogens is 126 g/mol. The molecule has 0 radical (unpaired) electrons. The van der Waals surface area contributed by atoms with Crippen LogP contribution in [-0.2, 0) is 4.74 Å². The maximum absolute atomic E-state index is 5.23. The Labute approximate surface area is 61.3 Å². The highest BCUT2D eigenvalue weighted by Gasteiger charge is 2.37. The molecular formula is C8H14NO+. The van der Waals surface area contributed by atoms with E-state index in [1.54, 1.807) is 7.11 Å². The van der Waals surface area contributed by atoms with E-state index in [1.807, 2.05) is 0 Å². The van der Waals surface area contributed by atoms with E-state index in [4.69, 9.17) is 4.74 Å². The lowest BCUT2D eigenvalue weighted by Gasteiger charge is -1.93. The molecule has 0 bridgehead atoms. The summed E-state index contributed by atoms with van der Waals surface area (Å²) < 4.78 is 5.23. The maximum atomic E-state index is 5.23. The van der Waals surface area contributed by atoms with Crippen LogP contribution in [0.15, 0.2) is 0 Å². The van der Waals surface area contributed by atoms with E-state index in [2.05, 4.69) is 4.99 Å². The summed E-state index contributed by atoms with van der Waals surface area (Å²) in [6.07, 6.45) is 5.31. The number of rotatable bonds is 2. The Morgan fingerprint density at radius 2 is 2.00 bits per heavy atom. The third-order valence-electron chi connectivity index (χ3n) is 2.09. The first-order chi connectivity index (χ1) is 4.90. The summed E-state index contributed by atoms with van der Waals surface area (Å²) in [5.74, 6) is 1.88. The van der Waals surface area contributed by atoms with Crippen LogP contribution in [0.3, 0.4) is 0 Å². The summed E-state index contributed by atoms with van der Waals surface area (Å²) in [5.41, 5.74) is 0. The summed E-state index contributed by atoms with van der Waals surface area (Å²) in [6.45, 7) is 0. The van der Waals surface area contributed by atoms with Crippen LogP contribution in [0.2, 0.25) is 0 Å². The van der Waals surface area contributed by atoms with Crippen molar-refractivity contribution in [2.24, 2.45) is 5.92 Å². The number of hydrogen-bond donors (Lipinski definition) is 1. The Morgan fingerprint density at radius 1 is 1.30 bits per heavy atom. The largest absolute Gasteiger partial charge is 0.451 e. The van der Waals surface area contributed by atoms with Crippen LogP contribution in [0, 0.1) is 5.92 Å². The highest BCUT2D eigenvalue weighted by Crippen LogP contribution is 2.29. The van der Waals surface area contributed by atoms with E-state index >= 15 is 0 Å². The van der Waals surface area contributed by atoms with E-state index in [0.717, 1.165) is 17.9 Å². The van der Waals surface area contributed by atoms with Gasteiger partial charge in [0.2, 0.25) is 0 Å². The first kappa shape index (κ1) is 6.20. The molecule has 2 fully saturated rings. The molecule has 0 amide bonds. The fourth-order valence-corrected chi connectivity index (χ4v) is 1.12. The number of methoxy groups -OCH3 is 1. The third kappa shape index (κ3) is 1.31. The summed E-state index contributed by atoms with van der Waals surface area (Å²) in [5, 5.41) is 0. The minimum Gasteiger partial charge on any atom is -0.451 e. The predicted octanol–water partition coefficient (Wildman–Crippen LogP) is -0.316. The summed E-state index contributed by atoms with van der Waals surface area (Å²) in [7, 11) is 1.77. The Bertz CT molecular complexity index is 157. The molecule has 2 rings (SSSR count). The number of hydrogen-bond acceptors (Lipinski definition) is 1. The topological polar surface area (TPSA) is 23.2 Å². The van der Waals surface area contributed by atoms with Gasteiger partial charge in [-0.1, -0.05) is 0 Å². The Hall–Kier alpha value is -0.530. The van der Waals surface area contributed by atoms with Crippen LogP contribution in [-0.4, -0.2) is 19.0 Å². The van der Waals surface area contributed by atoms with Crippen LogP contribution < -0.4 is 4.99 Å². The zero-order chi connectivity index (χ0) is 6.97. The van der Waals surface area contributed by atoms with E-state index < -0.39 is 0 Å². The van der Waals surface area contributed by atoms with E-state index in [-0.39, 0.29) is 0 Å². The predicted molar refractivity (Wildman–Crippen MR) is 38.7 cm³/mol. The zero-order valence-electron chi connectivity index (χ0n) is 6.39. The SMILES string of the molecule is COC(=[NH+]C1CC1)C1CC1. The van der Waals surface area contributed by atoms with E-state index in [1.165, 1.54) is 25.7 Å². The number of ether oxygens (including phenoxy) is 1. The minimum absolute atomic E-state index is 0.741. The van der Waals surface area contributed by atoms with Gasteiger partial charge in [-0.3, -0.25) is 0 Å². The Morgan fingerprint density at radius 3 is 2.40 bits per heavy atom. The van der Waals surface area contributed by atoms with Gasteiger partial charge in [-0.2, -0.15) is 0 Å². The summed E-state index contributed by atoms with van der Waals surface area (Å²) >= 11 is 0. The lowest BCUT2D eigenvalue weighted by atomic mass is 10.4. The second-order valence-corrected chi connectivity index (χ2v) is 3.26. The molecule has 0 heterocycles. The second-order valence-electron chi connectivity index (χ2n) is 3.26. The van der Waals surface area contributed by atoms with E-state index in [9.17, 15) is 0 Å². The molecule has 1 N–H and O–H groups in total. The number of nitrogens with one attached hydrogen (secondary N) is 1. The van der Waals surface area contributed by atoms with Gasteiger partial charge in [0.15, 0.2) is 6.04 Å². The zero-order valence-corrected chi connectivity index (χ0v) is 6.39. The molecule has 0 spiro atoms. The fraction of sp³-hybridized carbons (Fsp3) is 0.875. The van der Waals surface area contributed by atoms with Crippen molar-refractivity contribution in [1.29, 1.82) is 0 Å². The molecule has 2 aliphatic rings. The van der Waals surface area contributed by atoms with Crippen LogP contribution in [0.1, 0.15) is 25.7 Å². The monoisotopic (exact) mass is 140 g/mol. The molecule has 0 unspecified atom stereocenters. The third-order valence-corrected chi connectivity index (χ3v) is 2.09. The van der Waals surface area contributed by atoms with Crippen LogP contribution in [0.25, 0.3) is 0 Å². The summed E-state index contributed by atoms with van der Waals surface area (Å²) in [6, 6.07) is 0.746. The van der Waals surface area contributed by atoms with Gasteiger partial charge in [-0.05, 0) is 12.8 Å². The molecule has 10 heavy (non-hydrogen) atoms. The van der Waals surface area contributed by atoms with Gasteiger partial charge in [0.25, 0.3) is 0 Å². The summed E-state index contributed by atoms with van der Waals surface area (Å²) in [4.78, 5) is 3.40. The lowest BCUT2D eigenvalue weighted by Crippen LogP contribution is -2.75. The first-order valence-corrected chi connectivity index (χ1v) is 4.07. The van der Waals surface area contributed by atoms with Gasteiger partial charge in [-0.25, -0.2) is 4.99 Å². The van der Waals surface area contributed by atoms with Gasteiger partial charge in [-0.15, -0.1) is 0 Å². The van der Waals surface area contributed by atoms with Crippen molar-refractivity contribution in [2.75, 3.05) is 7.11 Å². The molecule has 2 aliphatic carbocycles. The molecule has 2 saturated carbocycles. The van der Waals surface area contributed by atoms with Crippen molar-refractivity contribution in [3.05, 3.63) is 0 Å². The molecule has 56 valence electrons. The average molecular weight is 140 g/mol. The molecule has 0 atom stereocenters. The molecule has 0 saturated heterocycles. The van der Waals surface area contributed by atoms with Crippen molar-refractivity contribution in [3.63, 3.8) is 0 Å². The van der Waals surface area contributed by atoms with Crippen molar-refractivity contribution < 1.29 is 9.73 Å². The van der Waals surface area contributed by atoms with Crippen molar-refractivity contribution >= 4 is 5.90 Å². The molecule has 2 heteroatoms. The van der Waals surface area contributed by atoms with Crippen molar-refractivity contribution in [2.45, 2.75) is 31.7 Å². The molecule has 0 aromatic rings. The molecule has 0 aliphatic heterocycles.